The highest BCUT2D eigenvalue weighted by Gasteiger charge is 2.19. The second kappa shape index (κ2) is 10.0. The standard InChI is InChI=1S/C21H24N6O2S/c1-14(2)20(16-8-5-4-6-9-16)23-19(29)13-30-21-24-25-26-27(21)18-11-7-10-17(12-18)22-15(3)28/h4-12,14,20H,13H2,1-3H3,(H,22,28)(H,23,29). The van der Waals surface area contributed by atoms with E-state index in [2.05, 4.69) is 40.0 Å². The number of carbonyl (C=O) groups excluding carboxylic acids is 2. The Balaban J connectivity index is 1.67. The van der Waals surface area contributed by atoms with E-state index >= 15 is 0 Å². The van der Waals surface area contributed by atoms with E-state index in [0.29, 0.717) is 16.5 Å². The van der Waals surface area contributed by atoms with Crippen LogP contribution in [0.4, 0.5) is 5.69 Å². The molecule has 30 heavy (non-hydrogen) atoms. The lowest BCUT2D eigenvalue weighted by atomic mass is 9.96. The average molecular weight is 425 g/mol. The highest BCUT2D eigenvalue weighted by molar-refractivity contribution is 7.99. The molecule has 3 rings (SSSR count). The molecule has 1 unspecified atom stereocenters. The summed E-state index contributed by atoms with van der Waals surface area (Å²) in [5.41, 5.74) is 2.41. The fourth-order valence-electron chi connectivity index (χ4n) is 2.99. The summed E-state index contributed by atoms with van der Waals surface area (Å²) >= 11 is 1.25. The number of benzene rings is 2. The van der Waals surface area contributed by atoms with Gasteiger partial charge in [-0.05, 0) is 40.1 Å². The molecule has 9 heteroatoms. The Bertz CT molecular complexity index is 1010. The van der Waals surface area contributed by atoms with E-state index < -0.39 is 0 Å². The maximum absolute atomic E-state index is 12.6. The number of thioether (sulfide) groups is 1. The van der Waals surface area contributed by atoms with Gasteiger partial charge < -0.3 is 10.6 Å². The number of carbonyl (C=O) groups is 2. The third-order valence-electron chi connectivity index (χ3n) is 4.33. The minimum absolute atomic E-state index is 0.0652. The first-order valence-corrected chi connectivity index (χ1v) is 10.6. The van der Waals surface area contributed by atoms with E-state index in [-0.39, 0.29) is 29.5 Å². The Kier molecular flexibility index (Phi) is 7.18. The molecule has 0 radical (unpaired) electrons. The zero-order chi connectivity index (χ0) is 21.5. The summed E-state index contributed by atoms with van der Waals surface area (Å²) in [6, 6.07) is 17.0. The molecular formula is C21H24N6O2S. The van der Waals surface area contributed by atoms with E-state index in [4.69, 9.17) is 0 Å². The highest BCUT2D eigenvalue weighted by Crippen LogP contribution is 2.23. The lowest BCUT2D eigenvalue weighted by Gasteiger charge is -2.22. The van der Waals surface area contributed by atoms with Gasteiger partial charge in [0, 0.05) is 12.6 Å². The molecule has 156 valence electrons. The van der Waals surface area contributed by atoms with Gasteiger partial charge in [-0.15, -0.1) is 5.10 Å². The van der Waals surface area contributed by atoms with Gasteiger partial charge in [0.05, 0.1) is 17.5 Å². The fraction of sp³-hybridized carbons (Fsp3) is 0.286. The summed E-state index contributed by atoms with van der Waals surface area (Å²) in [5.74, 6) is 0.183. The largest absolute Gasteiger partial charge is 0.348 e. The Morgan fingerprint density at radius 3 is 2.57 bits per heavy atom. The molecule has 1 aromatic heterocycles. The van der Waals surface area contributed by atoms with E-state index in [1.807, 2.05) is 36.4 Å². The van der Waals surface area contributed by atoms with Gasteiger partial charge in [0.15, 0.2) is 0 Å². The maximum Gasteiger partial charge on any atom is 0.230 e. The summed E-state index contributed by atoms with van der Waals surface area (Å²) < 4.78 is 1.54. The molecule has 0 aliphatic carbocycles. The van der Waals surface area contributed by atoms with Crippen LogP contribution in [0.2, 0.25) is 0 Å². The van der Waals surface area contributed by atoms with E-state index in [0.717, 1.165) is 5.56 Å². The number of hydrogen-bond donors (Lipinski definition) is 2. The van der Waals surface area contributed by atoms with Gasteiger partial charge in [0.25, 0.3) is 0 Å². The molecular weight excluding hydrogens is 400 g/mol. The molecule has 0 saturated heterocycles. The number of hydrogen-bond acceptors (Lipinski definition) is 6. The van der Waals surface area contributed by atoms with Crippen molar-refractivity contribution in [3.05, 3.63) is 60.2 Å². The Hall–Kier alpha value is -3.20. The predicted molar refractivity (Wildman–Crippen MR) is 116 cm³/mol. The first kappa shape index (κ1) is 21.5. The molecule has 8 nitrogen and oxygen atoms in total. The van der Waals surface area contributed by atoms with Crippen LogP contribution < -0.4 is 10.6 Å². The average Bonchev–Trinajstić information content (AvgIpc) is 3.19. The molecule has 0 saturated carbocycles. The Morgan fingerprint density at radius 1 is 1.10 bits per heavy atom. The van der Waals surface area contributed by atoms with Crippen molar-refractivity contribution in [3.63, 3.8) is 0 Å². The number of amides is 2. The number of rotatable bonds is 8. The summed E-state index contributed by atoms with van der Waals surface area (Å²) in [5, 5.41) is 18.1. The predicted octanol–water partition coefficient (Wildman–Crippen LogP) is 3.23. The first-order chi connectivity index (χ1) is 14.4. The van der Waals surface area contributed by atoms with Crippen molar-refractivity contribution in [1.29, 1.82) is 0 Å². The molecule has 0 aliphatic rings. The van der Waals surface area contributed by atoms with Crippen LogP contribution in [0.25, 0.3) is 5.69 Å². The first-order valence-electron chi connectivity index (χ1n) is 9.57. The minimum atomic E-state index is -0.159. The van der Waals surface area contributed by atoms with Crippen molar-refractivity contribution in [2.24, 2.45) is 5.92 Å². The summed E-state index contributed by atoms with van der Waals surface area (Å²) in [6.07, 6.45) is 0. The van der Waals surface area contributed by atoms with Gasteiger partial charge in [-0.25, -0.2) is 0 Å². The van der Waals surface area contributed by atoms with Crippen LogP contribution in [0.1, 0.15) is 32.4 Å². The van der Waals surface area contributed by atoms with Gasteiger partial charge in [0.2, 0.25) is 17.0 Å². The van der Waals surface area contributed by atoms with E-state index in [1.165, 1.54) is 18.7 Å². The monoisotopic (exact) mass is 424 g/mol. The summed E-state index contributed by atoms with van der Waals surface area (Å²) in [6.45, 7) is 5.60. The van der Waals surface area contributed by atoms with Crippen LogP contribution in [0.15, 0.2) is 59.8 Å². The summed E-state index contributed by atoms with van der Waals surface area (Å²) in [7, 11) is 0. The lowest BCUT2D eigenvalue weighted by molar-refractivity contribution is -0.119. The Morgan fingerprint density at radius 2 is 1.87 bits per heavy atom. The molecule has 2 aromatic carbocycles. The topological polar surface area (TPSA) is 102 Å². The summed E-state index contributed by atoms with van der Waals surface area (Å²) in [4.78, 5) is 23.9. The van der Waals surface area contributed by atoms with Gasteiger partial charge in [0.1, 0.15) is 0 Å². The number of aromatic nitrogens is 4. The van der Waals surface area contributed by atoms with E-state index in [9.17, 15) is 9.59 Å². The number of tetrazole rings is 1. The third-order valence-corrected chi connectivity index (χ3v) is 5.25. The van der Waals surface area contributed by atoms with Crippen LogP contribution in [-0.4, -0.2) is 37.8 Å². The van der Waals surface area contributed by atoms with Crippen molar-refractivity contribution in [2.45, 2.75) is 32.0 Å². The zero-order valence-electron chi connectivity index (χ0n) is 17.1. The second-order valence-electron chi connectivity index (χ2n) is 7.09. The molecule has 0 fully saturated rings. The number of nitrogens with zero attached hydrogens (tertiary/aromatic N) is 4. The van der Waals surface area contributed by atoms with Crippen LogP contribution in [0.5, 0.6) is 0 Å². The molecule has 2 amide bonds. The molecule has 2 N–H and O–H groups in total. The zero-order valence-corrected chi connectivity index (χ0v) is 17.9. The van der Waals surface area contributed by atoms with Crippen LogP contribution in [-0.2, 0) is 9.59 Å². The minimum Gasteiger partial charge on any atom is -0.348 e. The van der Waals surface area contributed by atoms with Crippen molar-refractivity contribution in [1.82, 2.24) is 25.5 Å². The highest BCUT2D eigenvalue weighted by atomic mass is 32.2. The molecule has 0 bridgehead atoms. The smallest absolute Gasteiger partial charge is 0.230 e. The third kappa shape index (κ3) is 5.66. The van der Waals surface area contributed by atoms with Gasteiger partial charge in [-0.3, -0.25) is 9.59 Å². The normalized spacial score (nSPS) is 11.9. The lowest BCUT2D eigenvalue weighted by Crippen LogP contribution is -2.33. The molecule has 3 aromatic rings. The van der Waals surface area contributed by atoms with Crippen LogP contribution >= 0.6 is 11.8 Å². The van der Waals surface area contributed by atoms with E-state index in [1.54, 1.807) is 22.9 Å². The fourth-order valence-corrected chi connectivity index (χ4v) is 3.69. The SMILES string of the molecule is CC(=O)Nc1cccc(-n2nnnc2SCC(=O)NC(c2ccccc2)C(C)C)c1. The van der Waals surface area contributed by atoms with Crippen molar-refractivity contribution < 1.29 is 9.59 Å². The van der Waals surface area contributed by atoms with Gasteiger partial charge >= 0.3 is 0 Å². The number of anilines is 1. The molecule has 0 aliphatic heterocycles. The van der Waals surface area contributed by atoms with Crippen LogP contribution in [0.3, 0.4) is 0 Å². The molecule has 1 heterocycles. The quantitative estimate of drug-likeness (QED) is 0.539. The molecule has 1 atom stereocenters. The number of nitrogens with one attached hydrogen (secondary N) is 2. The van der Waals surface area contributed by atoms with Crippen molar-refractivity contribution in [3.8, 4) is 5.69 Å². The van der Waals surface area contributed by atoms with Crippen LogP contribution in [0, 0.1) is 5.92 Å². The Labute approximate surface area is 179 Å². The van der Waals surface area contributed by atoms with Gasteiger partial charge in [-0.1, -0.05) is 62.0 Å². The van der Waals surface area contributed by atoms with Crippen molar-refractivity contribution in [2.75, 3.05) is 11.1 Å². The van der Waals surface area contributed by atoms with Gasteiger partial charge in [-0.2, -0.15) is 4.68 Å². The van der Waals surface area contributed by atoms with Crippen molar-refractivity contribution >= 4 is 29.3 Å². The maximum atomic E-state index is 12.6. The second-order valence-corrected chi connectivity index (χ2v) is 8.04. The molecule has 0 spiro atoms.